The van der Waals surface area contributed by atoms with Gasteiger partial charge in [-0.15, -0.1) is 11.3 Å². The highest BCUT2D eigenvalue weighted by Gasteiger charge is 2.31. The lowest BCUT2D eigenvalue weighted by molar-refractivity contribution is -0.125. The summed E-state index contributed by atoms with van der Waals surface area (Å²) in [6.07, 6.45) is 4.71. The van der Waals surface area contributed by atoms with Gasteiger partial charge in [-0.05, 0) is 47.9 Å². The first-order chi connectivity index (χ1) is 13.6. The van der Waals surface area contributed by atoms with Crippen molar-refractivity contribution in [3.05, 3.63) is 57.8 Å². The van der Waals surface area contributed by atoms with E-state index in [2.05, 4.69) is 11.4 Å². The average Bonchev–Trinajstić information content (AvgIpc) is 3.46. The molecule has 146 valence electrons. The Morgan fingerprint density at radius 2 is 2.00 bits per heavy atom. The molecule has 2 aliphatic rings. The van der Waals surface area contributed by atoms with Gasteiger partial charge in [0.15, 0.2) is 0 Å². The van der Waals surface area contributed by atoms with E-state index in [1.54, 1.807) is 29.5 Å². The molecule has 1 saturated carbocycles. The maximum absolute atomic E-state index is 13.0. The Bertz CT molecular complexity index is 860. The molecular weight excluding hydrogens is 392 g/mol. The second-order valence-corrected chi connectivity index (χ2v) is 9.15. The van der Waals surface area contributed by atoms with Crippen LogP contribution in [0, 0.1) is 5.92 Å². The Balaban J connectivity index is 1.49. The van der Waals surface area contributed by atoms with Crippen molar-refractivity contribution in [3.63, 3.8) is 0 Å². The molecule has 5 nitrogen and oxygen atoms in total. The number of thiophene rings is 1. The molecule has 1 atom stereocenters. The monoisotopic (exact) mass is 414 g/mol. The number of thioether (sulfide) groups is 1. The van der Waals surface area contributed by atoms with E-state index < -0.39 is 0 Å². The minimum Gasteiger partial charge on any atom is -0.344 e. The molecule has 7 heteroatoms. The second kappa shape index (κ2) is 8.49. The van der Waals surface area contributed by atoms with E-state index in [1.807, 2.05) is 17.5 Å². The third kappa shape index (κ3) is 4.15. The van der Waals surface area contributed by atoms with Crippen molar-refractivity contribution in [2.24, 2.45) is 5.92 Å². The number of amides is 3. The number of nitrogens with one attached hydrogen (secondary N) is 1. The van der Waals surface area contributed by atoms with Gasteiger partial charge < -0.3 is 5.32 Å². The number of hydrogen-bond acceptors (Lipinski definition) is 5. The van der Waals surface area contributed by atoms with Crippen molar-refractivity contribution in [3.8, 4) is 0 Å². The Morgan fingerprint density at radius 1 is 1.18 bits per heavy atom. The number of carbonyl (C=O) groups excluding carboxylic acids is 3. The van der Waals surface area contributed by atoms with Gasteiger partial charge >= 0.3 is 0 Å². The van der Waals surface area contributed by atoms with Crippen LogP contribution in [0.4, 0.5) is 4.79 Å². The average molecular weight is 415 g/mol. The van der Waals surface area contributed by atoms with Gasteiger partial charge in [0.2, 0.25) is 5.91 Å². The fraction of sp³-hybridized carbons (Fsp3) is 0.381. The molecule has 1 aromatic carbocycles. The molecule has 2 heterocycles. The fourth-order valence-corrected chi connectivity index (χ4v) is 5.53. The first-order valence-electron chi connectivity index (χ1n) is 9.52. The van der Waals surface area contributed by atoms with Gasteiger partial charge in [0, 0.05) is 10.4 Å². The van der Waals surface area contributed by atoms with Crippen LogP contribution in [0.5, 0.6) is 0 Å². The summed E-state index contributed by atoms with van der Waals surface area (Å²) in [7, 11) is 0. The number of imide groups is 1. The van der Waals surface area contributed by atoms with Crippen molar-refractivity contribution in [1.29, 1.82) is 0 Å². The quantitative estimate of drug-likeness (QED) is 0.750. The van der Waals surface area contributed by atoms with Crippen LogP contribution < -0.4 is 5.32 Å². The largest absolute Gasteiger partial charge is 0.344 e. The Morgan fingerprint density at radius 3 is 2.68 bits per heavy atom. The zero-order valence-electron chi connectivity index (χ0n) is 15.4. The minimum absolute atomic E-state index is 0.0387. The van der Waals surface area contributed by atoms with Crippen LogP contribution in [-0.2, 0) is 11.3 Å². The van der Waals surface area contributed by atoms with Crippen molar-refractivity contribution in [2.45, 2.75) is 38.3 Å². The number of nitrogens with zero attached hydrogens (tertiary/aromatic N) is 1. The molecule has 2 fully saturated rings. The van der Waals surface area contributed by atoms with Crippen LogP contribution in [0.25, 0.3) is 0 Å². The summed E-state index contributed by atoms with van der Waals surface area (Å²) in [5.41, 5.74) is 1.34. The molecule has 0 radical (unpaired) electrons. The van der Waals surface area contributed by atoms with E-state index in [0.717, 1.165) is 30.2 Å². The summed E-state index contributed by atoms with van der Waals surface area (Å²) in [6, 6.07) is 11.4. The van der Waals surface area contributed by atoms with Crippen molar-refractivity contribution >= 4 is 40.2 Å². The van der Waals surface area contributed by atoms with E-state index in [-0.39, 0.29) is 35.4 Å². The summed E-state index contributed by atoms with van der Waals surface area (Å²) >= 11 is 2.70. The SMILES string of the molecule is O=C(N[C@H](c1cccs1)C1CCCC1)c1cccc(CN2C(=O)CSC2=O)c1. The first kappa shape index (κ1) is 19.2. The van der Waals surface area contributed by atoms with Gasteiger partial charge in [0.25, 0.3) is 11.1 Å². The summed E-state index contributed by atoms with van der Waals surface area (Å²) in [4.78, 5) is 39.1. The van der Waals surface area contributed by atoms with E-state index >= 15 is 0 Å². The third-order valence-electron chi connectivity index (χ3n) is 5.38. The Labute approximate surface area is 172 Å². The van der Waals surface area contributed by atoms with Gasteiger partial charge in [0.1, 0.15) is 0 Å². The first-order valence-corrected chi connectivity index (χ1v) is 11.4. The summed E-state index contributed by atoms with van der Waals surface area (Å²) < 4.78 is 0. The van der Waals surface area contributed by atoms with Gasteiger partial charge in [-0.2, -0.15) is 0 Å². The minimum atomic E-state index is -0.223. The van der Waals surface area contributed by atoms with Crippen molar-refractivity contribution in [1.82, 2.24) is 10.2 Å². The van der Waals surface area contributed by atoms with E-state index in [1.165, 1.54) is 22.6 Å². The lowest BCUT2D eigenvalue weighted by atomic mass is 9.96. The lowest BCUT2D eigenvalue weighted by Gasteiger charge is -2.24. The van der Waals surface area contributed by atoms with Crippen LogP contribution in [0.15, 0.2) is 41.8 Å². The fourth-order valence-electron chi connectivity index (χ4n) is 3.93. The topological polar surface area (TPSA) is 66.5 Å². The van der Waals surface area contributed by atoms with Gasteiger partial charge in [-0.25, -0.2) is 0 Å². The maximum atomic E-state index is 13.0. The molecule has 1 saturated heterocycles. The summed E-state index contributed by atoms with van der Waals surface area (Å²) in [5.74, 6) is 0.384. The maximum Gasteiger partial charge on any atom is 0.289 e. The molecule has 0 spiro atoms. The standard InChI is InChI=1S/C21H22N2O3S2/c24-18-13-28-21(26)23(18)12-14-5-3-8-16(11-14)20(25)22-19(15-6-1-2-7-15)17-9-4-10-27-17/h3-5,8-11,15,19H,1-2,6-7,12-13H2,(H,22,25)/t19-/m0/s1. The number of rotatable bonds is 6. The molecule has 28 heavy (non-hydrogen) atoms. The molecule has 0 bridgehead atoms. The van der Waals surface area contributed by atoms with Crippen LogP contribution >= 0.6 is 23.1 Å². The summed E-state index contributed by atoms with van der Waals surface area (Å²) in [5, 5.41) is 5.06. The van der Waals surface area contributed by atoms with Crippen LogP contribution in [-0.4, -0.2) is 27.7 Å². The third-order valence-corrected chi connectivity index (χ3v) is 7.19. The van der Waals surface area contributed by atoms with Gasteiger partial charge in [-0.3, -0.25) is 19.3 Å². The van der Waals surface area contributed by atoms with Gasteiger partial charge in [0.05, 0.1) is 18.3 Å². The molecule has 1 aliphatic heterocycles. The molecular formula is C21H22N2O3S2. The molecule has 1 N–H and O–H groups in total. The molecule has 1 aliphatic carbocycles. The molecule has 4 rings (SSSR count). The number of carbonyl (C=O) groups is 3. The normalized spacial score (nSPS) is 18.6. The Hall–Kier alpha value is -2.12. The molecule has 3 amide bonds. The van der Waals surface area contributed by atoms with E-state index in [4.69, 9.17) is 0 Å². The second-order valence-electron chi connectivity index (χ2n) is 7.25. The number of benzene rings is 1. The van der Waals surface area contributed by atoms with Gasteiger partial charge in [-0.1, -0.05) is 42.8 Å². The van der Waals surface area contributed by atoms with Crippen LogP contribution in [0.3, 0.4) is 0 Å². The van der Waals surface area contributed by atoms with Crippen molar-refractivity contribution in [2.75, 3.05) is 5.75 Å². The molecule has 2 aromatic rings. The van der Waals surface area contributed by atoms with E-state index in [9.17, 15) is 14.4 Å². The molecule has 1 aromatic heterocycles. The lowest BCUT2D eigenvalue weighted by Crippen LogP contribution is -2.32. The predicted octanol–water partition coefficient (Wildman–Crippen LogP) is 4.60. The highest BCUT2D eigenvalue weighted by atomic mass is 32.2. The summed E-state index contributed by atoms with van der Waals surface area (Å²) in [6.45, 7) is 0.211. The predicted molar refractivity (Wildman–Crippen MR) is 111 cm³/mol. The number of hydrogen-bond donors (Lipinski definition) is 1. The highest BCUT2D eigenvalue weighted by Crippen LogP contribution is 2.37. The zero-order chi connectivity index (χ0) is 19.5. The highest BCUT2D eigenvalue weighted by molar-refractivity contribution is 8.14. The van der Waals surface area contributed by atoms with Crippen LogP contribution in [0.1, 0.15) is 52.5 Å². The smallest absolute Gasteiger partial charge is 0.289 e. The Kier molecular flexibility index (Phi) is 5.82. The zero-order valence-corrected chi connectivity index (χ0v) is 17.1. The molecule has 0 unspecified atom stereocenters. The van der Waals surface area contributed by atoms with E-state index in [0.29, 0.717) is 11.5 Å². The van der Waals surface area contributed by atoms with Crippen LogP contribution in [0.2, 0.25) is 0 Å². The van der Waals surface area contributed by atoms with Crippen molar-refractivity contribution < 1.29 is 14.4 Å².